The lowest BCUT2D eigenvalue weighted by atomic mass is 10.1. The predicted molar refractivity (Wildman–Crippen MR) is 81.0 cm³/mol. The molecule has 1 aliphatic heterocycles. The molecular weight excluding hydrogens is 266 g/mol. The highest BCUT2D eigenvalue weighted by Gasteiger charge is 2.37. The molecule has 1 aromatic rings. The molecule has 1 fully saturated rings. The number of likely N-dealkylation sites (tertiary alicyclic amines) is 1. The van der Waals surface area contributed by atoms with Crippen LogP contribution in [0, 0.1) is 0 Å². The van der Waals surface area contributed by atoms with Crippen LogP contribution >= 0.6 is 0 Å². The minimum absolute atomic E-state index is 0.0875. The van der Waals surface area contributed by atoms with Crippen molar-refractivity contribution in [3.63, 3.8) is 0 Å². The number of aromatic nitrogens is 1. The molecule has 0 aliphatic carbocycles. The molecular formula is C16H23N3O2. The number of hydrogen-bond acceptors (Lipinski definition) is 3. The zero-order chi connectivity index (χ0) is 15.6. The fraction of sp³-hybridized carbons (Fsp3) is 0.562. The Morgan fingerprint density at radius 3 is 2.76 bits per heavy atom. The van der Waals surface area contributed by atoms with Gasteiger partial charge in [0.05, 0.1) is 6.04 Å². The van der Waals surface area contributed by atoms with Crippen molar-refractivity contribution in [1.82, 2.24) is 15.2 Å². The van der Waals surface area contributed by atoms with E-state index >= 15 is 0 Å². The Labute approximate surface area is 125 Å². The van der Waals surface area contributed by atoms with E-state index < -0.39 is 0 Å². The van der Waals surface area contributed by atoms with E-state index in [-0.39, 0.29) is 23.4 Å². The molecule has 1 saturated heterocycles. The number of amides is 2. The van der Waals surface area contributed by atoms with Crippen molar-refractivity contribution in [1.29, 1.82) is 0 Å². The molecule has 21 heavy (non-hydrogen) atoms. The molecule has 0 radical (unpaired) electrons. The smallest absolute Gasteiger partial charge is 0.270 e. The second-order valence-corrected chi connectivity index (χ2v) is 6.41. The zero-order valence-corrected chi connectivity index (χ0v) is 13.1. The van der Waals surface area contributed by atoms with E-state index in [9.17, 15) is 9.59 Å². The van der Waals surface area contributed by atoms with Crippen molar-refractivity contribution >= 4 is 11.8 Å². The summed E-state index contributed by atoms with van der Waals surface area (Å²) in [6.07, 6.45) is 2.74. The topological polar surface area (TPSA) is 62.3 Å². The van der Waals surface area contributed by atoms with E-state index in [4.69, 9.17) is 0 Å². The average molecular weight is 289 g/mol. The zero-order valence-electron chi connectivity index (χ0n) is 13.1. The maximum atomic E-state index is 12.3. The van der Waals surface area contributed by atoms with Crippen LogP contribution in [-0.4, -0.2) is 39.8 Å². The van der Waals surface area contributed by atoms with Gasteiger partial charge >= 0.3 is 0 Å². The first-order valence-corrected chi connectivity index (χ1v) is 7.38. The van der Waals surface area contributed by atoms with Crippen LogP contribution < -0.4 is 5.32 Å². The van der Waals surface area contributed by atoms with Gasteiger partial charge in [0.15, 0.2) is 0 Å². The third kappa shape index (κ3) is 3.40. The van der Waals surface area contributed by atoms with Crippen LogP contribution in [0.25, 0.3) is 0 Å². The average Bonchev–Trinajstić information content (AvgIpc) is 2.79. The molecule has 5 heteroatoms. The van der Waals surface area contributed by atoms with Crippen LogP contribution in [0.4, 0.5) is 0 Å². The summed E-state index contributed by atoms with van der Waals surface area (Å²) in [6, 6.07) is 3.59. The van der Waals surface area contributed by atoms with Crippen molar-refractivity contribution in [2.24, 2.45) is 0 Å². The highest BCUT2D eigenvalue weighted by Crippen LogP contribution is 2.22. The fourth-order valence-electron chi connectivity index (χ4n) is 2.63. The van der Waals surface area contributed by atoms with Gasteiger partial charge in [-0.05, 0) is 38.8 Å². The van der Waals surface area contributed by atoms with Crippen LogP contribution in [0.15, 0.2) is 18.3 Å². The minimum atomic E-state index is -0.212. The summed E-state index contributed by atoms with van der Waals surface area (Å²) in [5.41, 5.74) is 1.17. The standard InChI is InChI=1S/C16H23N3O2/c1-5-11-7-6-8-17-14(11)15(21)18-12-9-13(20)19(10-12)16(2,3)4/h6-8,12H,5,9-10H2,1-4H3,(H,18,21). The van der Waals surface area contributed by atoms with Gasteiger partial charge in [-0.1, -0.05) is 13.0 Å². The Morgan fingerprint density at radius 2 is 2.19 bits per heavy atom. The predicted octanol–water partition coefficient (Wildman–Crippen LogP) is 1.77. The van der Waals surface area contributed by atoms with Crippen LogP contribution in [0.2, 0.25) is 0 Å². The van der Waals surface area contributed by atoms with Crippen molar-refractivity contribution < 1.29 is 9.59 Å². The van der Waals surface area contributed by atoms with Gasteiger partial charge in [0.25, 0.3) is 5.91 Å². The number of carbonyl (C=O) groups excluding carboxylic acids is 2. The monoisotopic (exact) mass is 289 g/mol. The third-order valence-electron chi connectivity index (χ3n) is 3.76. The first-order chi connectivity index (χ1) is 9.82. The lowest BCUT2D eigenvalue weighted by Gasteiger charge is -2.32. The summed E-state index contributed by atoms with van der Waals surface area (Å²) < 4.78 is 0. The van der Waals surface area contributed by atoms with Gasteiger partial charge in [0, 0.05) is 24.7 Å². The number of carbonyl (C=O) groups is 2. The molecule has 0 bridgehead atoms. The summed E-state index contributed by atoms with van der Waals surface area (Å²) in [5.74, 6) is -0.106. The van der Waals surface area contributed by atoms with E-state index in [0.717, 1.165) is 12.0 Å². The second kappa shape index (κ2) is 5.84. The highest BCUT2D eigenvalue weighted by atomic mass is 16.2. The Hall–Kier alpha value is -1.91. The summed E-state index contributed by atoms with van der Waals surface area (Å²) in [4.78, 5) is 30.4. The van der Waals surface area contributed by atoms with Crippen LogP contribution in [0.3, 0.4) is 0 Å². The Kier molecular flexibility index (Phi) is 4.30. The van der Waals surface area contributed by atoms with E-state index in [1.807, 2.05) is 44.7 Å². The molecule has 5 nitrogen and oxygen atoms in total. The third-order valence-corrected chi connectivity index (χ3v) is 3.76. The number of rotatable bonds is 3. The summed E-state index contributed by atoms with van der Waals surface area (Å²) in [5, 5.41) is 2.94. The molecule has 114 valence electrons. The van der Waals surface area contributed by atoms with Crippen molar-refractivity contribution in [3.8, 4) is 0 Å². The molecule has 2 heterocycles. The number of nitrogens with one attached hydrogen (secondary N) is 1. The van der Waals surface area contributed by atoms with Crippen LogP contribution in [0.5, 0.6) is 0 Å². The van der Waals surface area contributed by atoms with Gasteiger partial charge in [0.2, 0.25) is 5.91 Å². The lowest BCUT2D eigenvalue weighted by Crippen LogP contribution is -2.44. The number of nitrogens with zero attached hydrogens (tertiary/aromatic N) is 2. The SMILES string of the molecule is CCc1cccnc1C(=O)NC1CC(=O)N(C(C)(C)C)C1. The Balaban J connectivity index is 2.06. The van der Waals surface area contributed by atoms with Gasteiger partial charge in [-0.3, -0.25) is 14.6 Å². The molecule has 0 aromatic carbocycles. The van der Waals surface area contributed by atoms with Gasteiger partial charge in [-0.25, -0.2) is 0 Å². The van der Waals surface area contributed by atoms with E-state index in [1.165, 1.54) is 0 Å². The summed E-state index contributed by atoms with van der Waals surface area (Å²) >= 11 is 0. The van der Waals surface area contributed by atoms with Gasteiger partial charge in [-0.15, -0.1) is 0 Å². The Bertz CT molecular complexity index is 549. The van der Waals surface area contributed by atoms with E-state index in [2.05, 4.69) is 10.3 Å². The summed E-state index contributed by atoms with van der Waals surface area (Å²) in [7, 11) is 0. The van der Waals surface area contributed by atoms with Crippen LogP contribution in [0.1, 0.15) is 50.2 Å². The quantitative estimate of drug-likeness (QED) is 0.922. The van der Waals surface area contributed by atoms with Gasteiger partial charge in [-0.2, -0.15) is 0 Å². The maximum absolute atomic E-state index is 12.3. The largest absolute Gasteiger partial charge is 0.346 e. The molecule has 2 amide bonds. The minimum Gasteiger partial charge on any atom is -0.346 e. The fourth-order valence-corrected chi connectivity index (χ4v) is 2.63. The highest BCUT2D eigenvalue weighted by molar-refractivity contribution is 5.94. The van der Waals surface area contributed by atoms with Crippen molar-refractivity contribution in [3.05, 3.63) is 29.6 Å². The number of hydrogen-bond donors (Lipinski definition) is 1. The first-order valence-electron chi connectivity index (χ1n) is 7.38. The van der Waals surface area contributed by atoms with E-state index in [0.29, 0.717) is 18.7 Å². The summed E-state index contributed by atoms with van der Waals surface area (Å²) in [6.45, 7) is 8.56. The Morgan fingerprint density at radius 1 is 1.48 bits per heavy atom. The molecule has 1 unspecified atom stereocenters. The van der Waals surface area contributed by atoms with Crippen molar-refractivity contribution in [2.75, 3.05) is 6.54 Å². The van der Waals surface area contributed by atoms with E-state index in [1.54, 1.807) is 6.20 Å². The molecule has 1 aromatic heterocycles. The lowest BCUT2D eigenvalue weighted by molar-refractivity contribution is -0.131. The van der Waals surface area contributed by atoms with Gasteiger partial charge < -0.3 is 10.2 Å². The second-order valence-electron chi connectivity index (χ2n) is 6.41. The maximum Gasteiger partial charge on any atom is 0.270 e. The number of aryl methyl sites for hydroxylation is 1. The number of pyridine rings is 1. The van der Waals surface area contributed by atoms with Crippen LogP contribution in [-0.2, 0) is 11.2 Å². The molecule has 1 aliphatic rings. The first kappa shape index (κ1) is 15.5. The molecule has 1 N–H and O–H groups in total. The normalized spacial score (nSPS) is 19.0. The van der Waals surface area contributed by atoms with Gasteiger partial charge in [0.1, 0.15) is 5.69 Å². The molecule has 2 rings (SSSR count). The molecule has 1 atom stereocenters. The molecule has 0 spiro atoms. The van der Waals surface area contributed by atoms with Crippen molar-refractivity contribution in [2.45, 2.75) is 52.1 Å². The molecule has 0 saturated carbocycles.